The van der Waals surface area contributed by atoms with Crippen molar-refractivity contribution in [1.82, 2.24) is 5.32 Å². The molecule has 0 aliphatic heterocycles. The lowest BCUT2D eigenvalue weighted by Crippen LogP contribution is -2.40. The summed E-state index contributed by atoms with van der Waals surface area (Å²) in [5.41, 5.74) is 1.13. The number of rotatable bonds is 6. The van der Waals surface area contributed by atoms with Gasteiger partial charge in [-0.25, -0.2) is 4.79 Å². The number of carbonyl (C=O) groups is 2. The van der Waals surface area contributed by atoms with E-state index in [2.05, 4.69) is 11.9 Å². The van der Waals surface area contributed by atoms with Crippen LogP contribution in [0.1, 0.15) is 28.8 Å². The zero-order valence-electron chi connectivity index (χ0n) is 10.6. The van der Waals surface area contributed by atoms with Gasteiger partial charge in [0.15, 0.2) is 0 Å². The number of allylic oxidation sites excluding steroid dienone is 1. The maximum Gasteiger partial charge on any atom is 0.326 e. The van der Waals surface area contributed by atoms with E-state index >= 15 is 0 Å². The number of benzene rings is 1. The van der Waals surface area contributed by atoms with Gasteiger partial charge < -0.3 is 10.4 Å². The molecular formula is C14H16ClNO3. The topological polar surface area (TPSA) is 66.4 Å². The molecule has 0 aliphatic rings. The largest absolute Gasteiger partial charge is 0.480 e. The molecule has 0 saturated carbocycles. The third kappa shape index (κ3) is 4.41. The standard InChI is InChI=1S/C14H16ClNO3/c1-3-4-5-12(14(18)19)16-13(17)11-8-10(15)7-6-9(11)2/h3,6-8,12H,1,4-5H2,2H3,(H,16,17)(H,18,19). The molecule has 19 heavy (non-hydrogen) atoms. The number of amides is 1. The maximum absolute atomic E-state index is 12.0. The smallest absolute Gasteiger partial charge is 0.326 e. The average Bonchev–Trinajstić information content (AvgIpc) is 2.36. The quantitative estimate of drug-likeness (QED) is 0.788. The second-order valence-electron chi connectivity index (χ2n) is 4.19. The number of hydrogen-bond acceptors (Lipinski definition) is 2. The molecule has 1 aromatic carbocycles. The van der Waals surface area contributed by atoms with Gasteiger partial charge in [0.2, 0.25) is 0 Å². The molecule has 1 rings (SSSR count). The van der Waals surface area contributed by atoms with E-state index in [1.807, 2.05) is 0 Å². The van der Waals surface area contributed by atoms with Crippen molar-refractivity contribution in [1.29, 1.82) is 0 Å². The minimum absolute atomic E-state index is 0.310. The summed E-state index contributed by atoms with van der Waals surface area (Å²) in [6.45, 7) is 5.30. The summed E-state index contributed by atoms with van der Waals surface area (Å²) in [7, 11) is 0. The number of aliphatic carboxylic acids is 1. The molecule has 5 heteroatoms. The molecule has 4 nitrogen and oxygen atoms in total. The van der Waals surface area contributed by atoms with Gasteiger partial charge in [0, 0.05) is 10.6 Å². The second kappa shape index (κ2) is 6.95. The predicted octanol–water partition coefficient (Wildman–Crippen LogP) is 2.80. The summed E-state index contributed by atoms with van der Waals surface area (Å²) >= 11 is 5.83. The lowest BCUT2D eigenvalue weighted by molar-refractivity contribution is -0.139. The summed E-state index contributed by atoms with van der Waals surface area (Å²) < 4.78 is 0. The SMILES string of the molecule is C=CCCC(NC(=O)c1cc(Cl)ccc1C)C(=O)O. The molecule has 1 aromatic rings. The Labute approximate surface area is 117 Å². The van der Waals surface area contributed by atoms with Crippen LogP contribution in [0.5, 0.6) is 0 Å². The zero-order chi connectivity index (χ0) is 14.4. The van der Waals surface area contributed by atoms with Gasteiger partial charge in [-0.15, -0.1) is 6.58 Å². The highest BCUT2D eigenvalue weighted by atomic mass is 35.5. The summed E-state index contributed by atoms with van der Waals surface area (Å²) in [4.78, 5) is 23.1. The lowest BCUT2D eigenvalue weighted by atomic mass is 10.1. The zero-order valence-corrected chi connectivity index (χ0v) is 11.4. The van der Waals surface area contributed by atoms with Crippen LogP contribution in [0.2, 0.25) is 5.02 Å². The Morgan fingerprint density at radius 3 is 2.79 bits per heavy atom. The molecular weight excluding hydrogens is 266 g/mol. The molecule has 1 unspecified atom stereocenters. The first-order valence-corrected chi connectivity index (χ1v) is 6.24. The normalized spacial score (nSPS) is 11.7. The fraction of sp³-hybridized carbons (Fsp3) is 0.286. The lowest BCUT2D eigenvalue weighted by Gasteiger charge is -2.14. The van der Waals surface area contributed by atoms with E-state index in [4.69, 9.17) is 16.7 Å². The minimum atomic E-state index is -1.06. The molecule has 0 heterocycles. The van der Waals surface area contributed by atoms with E-state index in [1.54, 1.807) is 25.1 Å². The first-order chi connectivity index (χ1) is 8.95. The highest BCUT2D eigenvalue weighted by molar-refractivity contribution is 6.31. The van der Waals surface area contributed by atoms with Gasteiger partial charge in [-0.05, 0) is 37.5 Å². The van der Waals surface area contributed by atoms with Gasteiger partial charge in [-0.3, -0.25) is 4.79 Å². The van der Waals surface area contributed by atoms with Gasteiger partial charge >= 0.3 is 5.97 Å². The van der Waals surface area contributed by atoms with Crippen LogP contribution < -0.4 is 5.32 Å². The molecule has 102 valence electrons. The number of carboxylic acids is 1. The van der Waals surface area contributed by atoms with Gasteiger partial charge in [0.05, 0.1) is 0 Å². The molecule has 1 amide bonds. The van der Waals surface area contributed by atoms with Crippen LogP contribution in [-0.2, 0) is 4.79 Å². The Morgan fingerprint density at radius 2 is 2.21 bits per heavy atom. The second-order valence-corrected chi connectivity index (χ2v) is 4.63. The average molecular weight is 282 g/mol. The van der Waals surface area contributed by atoms with Crippen molar-refractivity contribution < 1.29 is 14.7 Å². The van der Waals surface area contributed by atoms with Crippen LogP contribution >= 0.6 is 11.6 Å². The van der Waals surface area contributed by atoms with Gasteiger partial charge in [0.25, 0.3) is 5.91 Å². The van der Waals surface area contributed by atoms with E-state index in [0.717, 1.165) is 5.56 Å². The molecule has 1 atom stereocenters. The number of hydrogen-bond donors (Lipinski definition) is 2. The Bertz CT molecular complexity index is 499. The number of carbonyl (C=O) groups excluding carboxylic acids is 1. The van der Waals surface area contributed by atoms with Crippen LogP contribution in [-0.4, -0.2) is 23.0 Å². The van der Waals surface area contributed by atoms with Crippen molar-refractivity contribution in [3.63, 3.8) is 0 Å². The van der Waals surface area contributed by atoms with Crippen molar-refractivity contribution in [3.05, 3.63) is 47.0 Å². The number of aryl methyl sites for hydroxylation is 1. The van der Waals surface area contributed by atoms with Crippen molar-refractivity contribution in [3.8, 4) is 0 Å². The molecule has 0 saturated heterocycles. The highest BCUT2D eigenvalue weighted by Crippen LogP contribution is 2.15. The number of carboxylic acid groups (broad SMARTS) is 1. The van der Waals surface area contributed by atoms with Crippen molar-refractivity contribution in [2.24, 2.45) is 0 Å². The molecule has 0 aliphatic carbocycles. The van der Waals surface area contributed by atoms with Crippen LogP contribution in [0, 0.1) is 6.92 Å². The summed E-state index contributed by atoms with van der Waals surface area (Å²) in [5, 5.41) is 12.0. The van der Waals surface area contributed by atoms with E-state index in [0.29, 0.717) is 23.4 Å². The molecule has 0 bridgehead atoms. The van der Waals surface area contributed by atoms with Crippen molar-refractivity contribution in [2.75, 3.05) is 0 Å². The fourth-order valence-corrected chi connectivity index (χ4v) is 1.79. The van der Waals surface area contributed by atoms with Crippen molar-refractivity contribution in [2.45, 2.75) is 25.8 Å². The Balaban J connectivity index is 2.84. The third-order valence-corrected chi connectivity index (χ3v) is 2.94. The molecule has 2 N–H and O–H groups in total. The summed E-state index contributed by atoms with van der Waals surface area (Å²) in [5.74, 6) is -1.49. The van der Waals surface area contributed by atoms with E-state index in [9.17, 15) is 9.59 Å². The van der Waals surface area contributed by atoms with Gasteiger partial charge in [-0.1, -0.05) is 23.7 Å². The van der Waals surface area contributed by atoms with Gasteiger partial charge in [-0.2, -0.15) is 0 Å². The molecule has 0 aromatic heterocycles. The Hall–Kier alpha value is -1.81. The van der Waals surface area contributed by atoms with E-state index < -0.39 is 17.9 Å². The van der Waals surface area contributed by atoms with Crippen LogP contribution in [0.25, 0.3) is 0 Å². The minimum Gasteiger partial charge on any atom is -0.480 e. The first-order valence-electron chi connectivity index (χ1n) is 5.86. The van der Waals surface area contributed by atoms with Gasteiger partial charge in [0.1, 0.15) is 6.04 Å². The monoisotopic (exact) mass is 281 g/mol. The third-order valence-electron chi connectivity index (χ3n) is 2.71. The highest BCUT2D eigenvalue weighted by Gasteiger charge is 2.20. The number of nitrogens with one attached hydrogen (secondary N) is 1. The molecule has 0 radical (unpaired) electrons. The first kappa shape index (κ1) is 15.2. The molecule has 0 spiro atoms. The van der Waals surface area contributed by atoms with E-state index in [1.165, 1.54) is 6.07 Å². The fourth-order valence-electron chi connectivity index (χ4n) is 1.62. The predicted molar refractivity (Wildman–Crippen MR) is 74.5 cm³/mol. The summed E-state index contributed by atoms with van der Waals surface area (Å²) in [6, 6.07) is 4.00. The van der Waals surface area contributed by atoms with Crippen LogP contribution in [0.3, 0.4) is 0 Å². The Morgan fingerprint density at radius 1 is 1.53 bits per heavy atom. The molecule has 0 fully saturated rings. The van der Waals surface area contributed by atoms with Crippen LogP contribution in [0.4, 0.5) is 0 Å². The Kier molecular flexibility index (Phi) is 5.57. The summed E-state index contributed by atoms with van der Waals surface area (Å²) in [6.07, 6.45) is 2.45. The number of halogens is 1. The maximum atomic E-state index is 12.0. The van der Waals surface area contributed by atoms with E-state index in [-0.39, 0.29) is 0 Å². The van der Waals surface area contributed by atoms with Crippen LogP contribution in [0.15, 0.2) is 30.9 Å². The van der Waals surface area contributed by atoms with Crippen molar-refractivity contribution >= 4 is 23.5 Å².